The molecule has 0 unspecified atom stereocenters. The highest BCUT2D eigenvalue weighted by Crippen LogP contribution is 2.22. The van der Waals surface area contributed by atoms with Gasteiger partial charge in [-0.25, -0.2) is 17.2 Å². The van der Waals surface area contributed by atoms with Crippen LogP contribution < -0.4 is 10.5 Å². The van der Waals surface area contributed by atoms with Gasteiger partial charge >= 0.3 is 0 Å². The molecule has 3 N–H and O–H groups in total. The lowest BCUT2D eigenvalue weighted by Crippen LogP contribution is -2.15. The normalized spacial score (nSPS) is 11.3. The number of rotatable bonds is 3. The largest absolute Gasteiger partial charge is 0.398 e. The number of hydrogen-bond acceptors (Lipinski definition) is 3. The first kappa shape index (κ1) is 14.3. The summed E-state index contributed by atoms with van der Waals surface area (Å²) in [7, 11) is -4.14. The second-order valence-electron chi connectivity index (χ2n) is 4.25. The van der Waals surface area contributed by atoms with Crippen LogP contribution in [0.15, 0.2) is 41.3 Å². The number of aryl methyl sites for hydroxylation is 1. The van der Waals surface area contributed by atoms with E-state index in [1.54, 1.807) is 13.0 Å². The van der Waals surface area contributed by atoms with Crippen molar-refractivity contribution in [3.63, 3.8) is 0 Å². The van der Waals surface area contributed by atoms with Crippen molar-refractivity contribution >= 4 is 21.4 Å². The lowest BCUT2D eigenvalue weighted by molar-refractivity contribution is 0.551. The van der Waals surface area contributed by atoms with Crippen LogP contribution in [0.4, 0.5) is 20.2 Å². The topological polar surface area (TPSA) is 72.2 Å². The Kier molecular flexibility index (Phi) is 3.63. The number of nitrogens with two attached hydrogens (primary N) is 1. The highest BCUT2D eigenvalue weighted by atomic mass is 32.2. The molecule has 0 amide bonds. The number of nitrogen functional groups attached to an aromatic ring is 1. The Balaban J connectivity index is 2.38. The summed E-state index contributed by atoms with van der Waals surface area (Å²) in [4.78, 5) is -0.627. The minimum Gasteiger partial charge on any atom is -0.398 e. The molecule has 0 heterocycles. The molecule has 0 fully saturated rings. The molecule has 0 saturated heterocycles. The first-order valence-electron chi connectivity index (χ1n) is 5.63. The lowest BCUT2D eigenvalue weighted by atomic mass is 10.2. The van der Waals surface area contributed by atoms with Crippen molar-refractivity contribution in [1.82, 2.24) is 0 Å². The van der Waals surface area contributed by atoms with Gasteiger partial charge in [0.2, 0.25) is 0 Å². The average Bonchev–Trinajstić information content (AvgIpc) is 2.33. The van der Waals surface area contributed by atoms with Crippen molar-refractivity contribution in [2.24, 2.45) is 0 Å². The van der Waals surface area contributed by atoms with Crippen LogP contribution in [0.1, 0.15) is 5.56 Å². The van der Waals surface area contributed by atoms with Gasteiger partial charge in [-0.1, -0.05) is 6.07 Å². The van der Waals surface area contributed by atoms with Gasteiger partial charge in [-0.15, -0.1) is 0 Å². The van der Waals surface area contributed by atoms with E-state index in [9.17, 15) is 17.2 Å². The molecule has 2 rings (SSSR count). The maximum absolute atomic E-state index is 13.5. The van der Waals surface area contributed by atoms with Crippen LogP contribution in [0.2, 0.25) is 0 Å². The minimum atomic E-state index is -4.14. The fourth-order valence-corrected chi connectivity index (χ4v) is 2.72. The van der Waals surface area contributed by atoms with Gasteiger partial charge in [-0.2, -0.15) is 0 Å². The molecule has 0 aliphatic carbocycles. The van der Waals surface area contributed by atoms with E-state index >= 15 is 0 Å². The molecule has 0 saturated carbocycles. The third kappa shape index (κ3) is 2.88. The predicted molar refractivity (Wildman–Crippen MR) is 72.8 cm³/mol. The number of anilines is 2. The van der Waals surface area contributed by atoms with Gasteiger partial charge in [0, 0.05) is 11.8 Å². The van der Waals surface area contributed by atoms with Crippen molar-refractivity contribution < 1.29 is 17.2 Å². The van der Waals surface area contributed by atoms with Gasteiger partial charge in [0.15, 0.2) is 0 Å². The molecular formula is C13H12F2N2O2S. The SMILES string of the molecule is Cc1ccc(NS(=O)(=O)c2ccc(F)cc2F)cc1N. The smallest absolute Gasteiger partial charge is 0.264 e. The fraction of sp³-hybridized carbons (Fsp3) is 0.0769. The van der Waals surface area contributed by atoms with Crippen molar-refractivity contribution in [3.05, 3.63) is 53.6 Å². The summed E-state index contributed by atoms with van der Waals surface area (Å²) >= 11 is 0. The Bertz CT molecular complexity index is 761. The number of hydrogen-bond donors (Lipinski definition) is 2. The Hall–Kier alpha value is -2.15. The highest BCUT2D eigenvalue weighted by molar-refractivity contribution is 7.92. The molecule has 4 nitrogen and oxygen atoms in total. The minimum absolute atomic E-state index is 0.205. The second-order valence-corrected chi connectivity index (χ2v) is 5.90. The van der Waals surface area contributed by atoms with Gasteiger partial charge in [-0.05, 0) is 36.8 Å². The maximum atomic E-state index is 13.5. The Morgan fingerprint density at radius 3 is 2.40 bits per heavy atom. The molecule has 0 atom stereocenters. The van der Waals surface area contributed by atoms with Gasteiger partial charge in [-0.3, -0.25) is 4.72 Å². The van der Waals surface area contributed by atoms with Crippen LogP contribution in [-0.4, -0.2) is 8.42 Å². The molecule has 7 heteroatoms. The summed E-state index contributed by atoms with van der Waals surface area (Å²) in [5.41, 5.74) is 7.07. The van der Waals surface area contributed by atoms with E-state index in [4.69, 9.17) is 5.73 Å². The van der Waals surface area contributed by atoms with Crippen LogP contribution in [0, 0.1) is 18.6 Å². The Morgan fingerprint density at radius 2 is 1.80 bits per heavy atom. The first-order valence-corrected chi connectivity index (χ1v) is 7.12. The number of benzene rings is 2. The molecule has 0 aliphatic heterocycles. The zero-order valence-electron chi connectivity index (χ0n) is 10.5. The third-order valence-corrected chi connectivity index (χ3v) is 4.13. The molecule has 0 bridgehead atoms. The van der Waals surface area contributed by atoms with Crippen LogP contribution >= 0.6 is 0 Å². The molecule has 20 heavy (non-hydrogen) atoms. The van der Waals surface area contributed by atoms with Crippen molar-refractivity contribution in [3.8, 4) is 0 Å². The van der Waals surface area contributed by atoms with Crippen LogP contribution in [0.25, 0.3) is 0 Å². The summed E-state index contributed by atoms with van der Waals surface area (Å²) in [6.07, 6.45) is 0. The van der Waals surface area contributed by atoms with E-state index in [-0.39, 0.29) is 5.69 Å². The monoisotopic (exact) mass is 298 g/mol. The molecule has 0 radical (unpaired) electrons. The summed E-state index contributed by atoms with van der Waals surface area (Å²) in [6, 6.07) is 6.82. The zero-order valence-corrected chi connectivity index (χ0v) is 11.3. The maximum Gasteiger partial charge on any atom is 0.264 e. The molecule has 2 aromatic carbocycles. The average molecular weight is 298 g/mol. The molecule has 106 valence electrons. The predicted octanol–water partition coefficient (Wildman–Crippen LogP) is 2.66. The molecule has 0 spiro atoms. The van der Waals surface area contributed by atoms with E-state index in [1.165, 1.54) is 12.1 Å². The van der Waals surface area contributed by atoms with Gasteiger partial charge in [0.05, 0.1) is 5.69 Å². The first-order chi connectivity index (χ1) is 9.29. The quantitative estimate of drug-likeness (QED) is 0.856. The van der Waals surface area contributed by atoms with Crippen molar-refractivity contribution in [1.29, 1.82) is 0 Å². The molecule has 0 aliphatic rings. The number of halogens is 2. The lowest BCUT2D eigenvalue weighted by Gasteiger charge is -2.10. The van der Waals surface area contributed by atoms with E-state index in [1.807, 2.05) is 0 Å². The van der Waals surface area contributed by atoms with Gasteiger partial charge < -0.3 is 5.73 Å². The molecular weight excluding hydrogens is 286 g/mol. The van der Waals surface area contributed by atoms with Crippen LogP contribution in [0.5, 0.6) is 0 Å². The summed E-state index contributed by atoms with van der Waals surface area (Å²) < 4.78 is 52.5. The molecule has 0 aromatic heterocycles. The van der Waals surface area contributed by atoms with Crippen LogP contribution in [0.3, 0.4) is 0 Å². The fourth-order valence-electron chi connectivity index (χ4n) is 1.61. The number of nitrogens with one attached hydrogen (secondary N) is 1. The van der Waals surface area contributed by atoms with Gasteiger partial charge in [0.25, 0.3) is 10.0 Å². The van der Waals surface area contributed by atoms with E-state index in [0.29, 0.717) is 11.8 Å². The zero-order chi connectivity index (χ0) is 14.9. The Morgan fingerprint density at radius 1 is 1.10 bits per heavy atom. The van der Waals surface area contributed by atoms with Crippen molar-refractivity contribution in [2.45, 2.75) is 11.8 Å². The van der Waals surface area contributed by atoms with Crippen molar-refractivity contribution in [2.75, 3.05) is 10.5 Å². The summed E-state index contributed by atoms with van der Waals surface area (Å²) in [5, 5.41) is 0. The molecule has 2 aromatic rings. The standard InChI is InChI=1S/C13H12F2N2O2S/c1-8-2-4-10(7-12(8)16)17-20(18,19)13-5-3-9(14)6-11(13)15/h2-7,17H,16H2,1H3. The van der Waals surface area contributed by atoms with E-state index in [0.717, 1.165) is 17.7 Å². The second kappa shape index (κ2) is 5.09. The van der Waals surface area contributed by atoms with E-state index in [2.05, 4.69) is 4.72 Å². The Labute approximate surface area is 115 Å². The van der Waals surface area contributed by atoms with E-state index < -0.39 is 26.6 Å². The number of sulfonamides is 1. The third-order valence-electron chi connectivity index (χ3n) is 2.71. The van der Waals surface area contributed by atoms with Gasteiger partial charge in [0.1, 0.15) is 16.5 Å². The summed E-state index contributed by atoms with van der Waals surface area (Å²) in [6.45, 7) is 1.77. The van der Waals surface area contributed by atoms with Crippen LogP contribution in [-0.2, 0) is 10.0 Å². The summed E-state index contributed by atoms with van der Waals surface area (Å²) in [5.74, 6) is -2.00. The highest BCUT2D eigenvalue weighted by Gasteiger charge is 2.19.